The highest BCUT2D eigenvalue weighted by Gasteiger charge is 2.13. The van der Waals surface area contributed by atoms with Crippen LogP contribution in [-0.4, -0.2) is 26.4 Å². The molecule has 0 atom stereocenters. The van der Waals surface area contributed by atoms with E-state index in [1.165, 1.54) is 0 Å². The summed E-state index contributed by atoms with van der Waals surface area (Å²) in [5.41, 5.74) is 1.71. The molecule has 2 aromatic rings. The number of benzene rings is 1. The van der Waals surface area contributed by atoms with Crippen molar-refractivity contribution in [1.82, 2.24) is 8.75 Å². The van der Waals surface area contributed by atoms with Crippen LogP contribution in [0.2, 0.25) is 10.0 Å². The van der Waals surface area contributed by atoms with Crippen molar-refractivity contribution in [2.24, 2.45) is 0 Å². The Labute approximate surface area is 111 Å². The SMILES string of the molecule is O=C(O)CCNc1c(Cl)cc(Cl)c2nsnc12. The number of halogens is 2. The molecule has 90 valence electrons. The molecule has 1 heterocycles. The number of aliphatic carboxylic acids is 1. The summed E-state index contributed by atoms with van der Waals surface area (Å²) < 4.78 is 8.14. The van der Waals surface area contributed by atoms with Gasteiger partial charge >= 0.3 is 5.97 Å². The molecule has 0 aliphatic carbocycles. The zero-order valence-electron chi connectivity index (χ0n) is 8.41. The number of carboxylic acid groups (broad SMARTS) is 1. The van der Waals surface area contributed by atoms with Gasteiger partial charge in [0, 0.05) is 6.54 Å². The molecule has 0 amide bonds. The van der Waals surface area contributed by atoms with Crippen LogP contribution in [-0.2, 0) is 4.79 Å². The molecule has 0 fully saturated rings. The van der Waals surface area contributed by atoms with Crippen molar-refractivity contribution in [2.45, 2.75) is 6.42 Å². The third kappa shape index (κ3) is 2.59. The minimum absolute atomic E-state index is 0.00197. The van der Waals surface area contributed by atoms with Gasteiger partial charge in [0.05, 0.1) is 33.9 Å². The van der Waals surface area contributed by atoms with E-state index in [1.807, 2.05) is 0 Å². The molecule has 17 heavy (non-hydrogen) atoms. The smallest absolute Gasteiger partial charge is 0.305 e. The maximum absolute atomic E-state index is 10.4. The number of carbonyl (C=O) groups is 1. The fourth-order valence-electron chi connectivity index (χ4n) is 1.34. The minimum atomic E-state index is -0.879. The van der Waals surface area contributed by atoms with Crippen LogP contribution in [0.25, 0.3) is 11.0 Å². The first-order valence-electron chi connectivity index (χ1n) is 4.65. The van der Waals surface area contributed by atoms with Crippen molar-refractivity contribution in [3.63, 3.8) is 0 Å². The number of anilines is 1. The van der Waals surface area contributed by atoms with E-state index in [9.17, 15) is 4.79 Å². The van der Waals surface area contributed by atoms with Crippen LogP contribution in [0, 0.1) is 0 Å². The molecule has 1 aromatic heterocycles. The van der Waals surface area contributed by atoms with Gasteiger partial charge in [0.2, 0.25) is 0 Å². The Kier molecular flexibility index (Phi) is 3.66. The second-order valence-electron chi connectivity index (χ2n) is 3.25. The standard InChI is InChI=1S/C9H7Cl2N3O2S/c10-4-3-5(11)8-9(14-17-13-8)7(4)12-2-1-6(15)16/h3,12H,1-2H2,(H,15,16). The second-order valence-corrected chi connectivity index (χ2v) is 4.59. The lowest BCUT2D eigenvalue weighted by Gasteiger charge is -2.08. The zero-order valence-corrected chi connectivity index (χ0v) is 10.7. The summed E-state index contributed by atoms with van der Waals surface area (Å²) in [5.74, 6) is -0.879. The van der Waals surface area contributed by atoms with E-state index in [-0.39, 0.29) is 13.0 Å². The average molecular weight is 292 g/mol. The maximum Gasteiger partial charge on any atom is 0.305 e. The molecule has 2 N–H and O–H groups in total. The number of hydrogen-bond donors (Lipinski definition) is 2. The van der Waals surface area contributed by atoms with Gasteiger partial charge < -0.3 is 10.4 Å². The third-order valence-electron chi connectivity index (χ3n) is 2.08. The Balaban J connectivity index is 2.32. The van der Waals surface area contributed by atoms with Crippen LogP contribution < -0.4 is 5.32 Å². The van der Waals surface area contributed by atoms with Crippen LogP contribution in [0.3, 0.4) is 0 Å². The van der Waals surface area contributed by atoms with Crippen LogP contribution in [0.5, 0.6) is 0 Å². The van der Waals surface area contributed by atoms with Gasteiger partial charge in [-0.25, -0.2) is 0 Å². The molecular formula is C9H7Cl2N3O2S. The molecule has 0 spiro atoms. The van der Waals surface area contributed by atoms with Crippen LogP contribution >= 0.6 is 34.9 Å². The predicted molar refractivity (Wildman–Crippen MR) is 68.2 cm³/mol. The molecule has 0 aliphatic heterocycles. The summed E-state index contributed by atoms with van der Waals surface area (Å²) in [7, 11) is 0. The van der Waals surface area contributed by atoms with Gasteiger partial charge in [0.1, 0.15) is 11.0 Å². The largest absolute Gasteiger partial charge is 0.481 e. The fraction of sp³-hybridized carbons (Fsp3) is 0.222. The Morgan fingerprint density at radius 2 is 2.06 bits per heavy atom. The first-order chi connectivity index (χ1) is 8.09. The number of carboxylic acids is 1. The average Bonchev–Trinajstić information content (AvgIpc) is 2.71. The molecule has 2 rings (SSSR count). The number of nitrogens with one attached hydrogen (secondary N) is 1. The van der Waals surface area contributed by atoms with Crippen molar-refractivity contribution >= 4 is 57.6 Å². The predicted octanol–water partition coefficient (Wildman–Crippen LogP) is 2.88. The van der Waals surface area contributed by atoms with Crippen molar-refractivity contribution in [2.75, 3.05) is 11.9 Å². The normalized spacial score (nSPS) is 10.7. The van der Waals surface area contributed by atoms with Crippen molar-refractivity contribution in [1.29, 1.82) is 0 Å². The summed E-state index contributed by atoms with van der Waals surface area (Å²) in [6, 6.07) is 1.57. The van der Waals surface area contributed by atoms with Gasteiger partial charge in [-0.3, -0.25) is 4.79 Å². The highest BCUT2D eigenvalue weighted by Crippen LogP contribution is 2.34. The van der Waals surface area contributed by atoms with Gasteiger partial charge in [0.25, 0.3) is 0 Å². The lowest BCUT2D eigenvalue weighted by molar-refractivity contribution is -0.136. The van der Waals surface area contributed by atoms with E-state index in [4.69, 9.17) is 28.3 Å². The Bertz CT molecular complexity index is 573. The number of hydrogen-bond acceptors (Lipinski definition) is 5. The van der Waals surface area contributed by atoms with E-state index in [0.29, 0.717) is 26.8 Å². The monoisotopic (exact) mass is 291 g/mol. The van der Waals surface area contributed by atoms with Crippen molar-refractivity contribution in [3.8, 4) is 0 Å². The quantitative estimate of drug-likeness (QED) is 0.906. The summed E-state index contributed by atoms with van der Waals surface area (Å²) in [5, 5.41) is 12.3. The number of fused-ring (bicyclic) bond motifs is 1. The second kappa shape index (κ2) is 5.03. The van der Waals surface area contributed by atoms with Crippen LogP contribution in [0.1, 0.15) is 6.42 Å². The molecule has 0 saturated heterocycles. The summed E-state index contributed by atoms with van der Waals surface area (Å²) in [6.07, 6.45) is -0.00197. The highest BCUT2D eigenvalue weighted by atomic mass is 35.5. The highest BCUT2D eigenvalue weighted by molar-refractivity contribution is 7.00. The fourth-order valence-corrected chi connectivity index (χ4v) is 2.52. The molecule has 0 aliphatic rings. The molecule has 0 saturated carbocycles. The summed E-state index contributed by atoms with van der Waals surface area (Å²) >= 11 is 13.0. The van der Waals surface area contributed by atoms with Crippen LogP contribution in [0.4, 0.5) is 5.69 Å². The topological polar surface area (TPSA) is 75.1 Å². The Morgan fingerprint density at radius 1 is 1.35 bits per heavy atom. The van der Waals surface area contributed by atoms with Crippen molar-refractivity contribution < 1.29 is 9.90 Å². The molecule has 5 nitrogen and oxygen atoms in total. The lowest BCUT2D eigenvalue weighted by Crippen LogP contribution is -2.08. The summed E-state index contributed by atoms with van der Waals surface area (Å²) in [6.45, 7) is 0.267. The molecule has 0 radical (unpaired) electrons. The van der Waals surface area contributed by atoms with Gasteiger partial charge in [-0.2, -0.15) is 8.75 Å². The van der Waals surface area contributed by atoms with Gasteiger partial charge in [0.15, 0.2) is 0 Å². The molecule has 0 unspecified atom stereocenters. The lowest BCUT2D eigenvalue weighted by atomic mass is 10.2. The first kappa shape index (κ1) is 12.3. The van der Waals surface area contributed by atoms with E-state index in [0.717, 1.165) is 11.7 Å². The molecule has 0 bridgehead atoms. The number of aromatic nitrogens is 2. The minimum Gasteiger partial charge on any atom is -0.481 e. The Morgan fingerprint density at radius 3 is 2.76 bits per heavy atom. The van der Waals surface area contributed by atoms with Crippen LogP contribution in [0.15, 0.2) is 6.07 Å². The van der Waals surface area contributed by atoms with E-state index >= 15 is 0 Å². The van der Waals surface area contributed by atoms with Crippen molar-refractivity contribution in [3.05, 3.63) is 16.1 Å². The van der Waals surface area contributed by atoms with Gasteiger partial charge in [-0.05, 0) is 6.07 Å². The summed E-state index contributed by atoms with van der Waals surface area (Å²) in [4.78, 5) is 10.4. The molecule has 8 heteroatoms. The third-order valence-corrected chi connectivity index (χ3v) is 3.20. The molecular weight excluding hydrogens is 285 g/mol. The number of nitrogens with zero attached hydrogens (tertiary/aromatic N) is 2. The van der Waals surface area contributed by atoms with E-state index in [1.54, 1.807) is 6.07 Å². The molecule has 1 aromatic carbocycles. The Hall–Kier alpha value is -1.11. The van der Waals surface area contributed by atoms with Gasteiger partial charge in [-0.1, -0.05) is 23.2 Å². The van der Waals surface area contributed by atoms with Gasteiger partial charge in [-0.15, -0.1) is 0 Å². The van der Waals surface area contributed by atoms with E-state index < -0.39 is 5.97 Å². The van der Waals surface area contributed by atoms with E-state index in [2.05, 4.69) is 14.1 Å². The first-order valence-corrected chi connectivity index (χ1v) is 6.14. The number of rotatable bonds is 4. The maximum atomic E-state index is 10.4. The zero-order chi connectivity index (χ0) is 12.4.